The highest BCUT2D eigenvalue weighted by Crippen LogP contribution is 2.33. The molecule has 5 nitrogen and oxygen atoms in total. The molecule has 0 radical (unpaired) electrons. The lowest BCUT2D eigenvalue weighted by Gasteiger charge is -2.25. The van der Waals surface area contributed by atoms with Crippen molar-refractivity contribution in [3.05, 3.63) is 65.5 Å². The zero-order valence-electron chi connectivity index (χ0n) is 13.8. The Morgan fingerprint density at radius 2 is 1.76 bits per heavy atom. The van der Waals surface area contributed by atoms with Gasteiger partial charge in [-0.1, -0.05) is 12.1 Å². The Morgan fingerprint density at radius 1 is 1.12 bits per heavy atom. The molecule has 25 heavy (non-hydrogen) atoms. The fourth-order valence-electron chi connectivity index (χ4n) is 3.10. The predicted molar refractivity (Wildman–Crippen MR) is 92.1 cm³/mol. The van der Waals surface area contributed by atoms with Crippen LogP contribution in [0.3, 0.4) is 0 Å². The van der Waals surface area contributed by atoms with Gasteiger partial charge in [0.15, 0.2) is 0 Å². The van der Waals surface area contributed by atoms with Crippen LogP contribution < -0.4 is 4.72 Å². The topological polar surface area (TPSA) is 66.5 Å². The lowest BCUT2D eigenvalue weighted by molar-refractivity contribution is 0.0735. The Bertz CT molecular complexity index is 864. The van der Waals surface area contributed by atoms with Gasteiger partial charge >= 0.3 is 0 Å². The van der Waals surface area contributed by atoms with Gasteiger partial charge in [0.2, 0.25) is 10.0 Å². The molecule has 1 atom stereocenters. The summed E-state index contributed by atoms with van der Waals surface area (Å²) >= 11 is 0. The number of hydrogen-bond acceptors (Lipinski definition) is 3. The first kappa shape index (κ1) is 17.6. The molecule has 1 amide bonds. The molecule has 0 aromatic heterocycles. The molecule has 7 heteroatoms. The van der Waals surface area contributed by atoms with Crippen LogP contribution >= 0.6 is 0 Å². The smallest absolute Gasteiger partial charge is 0.254 e. The number of amides is 1. The second-order valence-electron chi connectivity index (χ2n) is 5.94. The van der Waals surface area contributed by atoms with Crippen LogP contribution in [0.5, 0.6) is 0 Å². The average molecular weight is 362 g/mol. The second kappa shape index (κ2) is 6.93. The second-order valence-corrected chi connectivity index (χ2v) is 7.83. The molecule has 2 aromatic rings. The third-order valence-electron chi connectivity index (χ3n) is 4.45. The first-order chi connectivity index (χ1) is 11.9. The zero-order valence-corrected chi connectivity index (χ0v) is 14.6. The number of nitrogens with zero attached hydrogens (tertiary/aromatic N) is 1. The van der Waals surface area contributed by atoms with Gasteiger partial charge in [0, 0.05) is 12.1 Å². The minimum absolute atomic E-state index is 0.0891. The van der Waals surface area contributed by atoms with Crippen LogP contribution in [0, 0.1) is 5.82 Å². The van der Waals surface area contributed by atoms with E-state index in [9.17, 15) is 17.6 Å². The first-order valence-corrected chi connectivity index (χ1v) is 9.51. The molecule has 1 N–H and O–H groups in total. The number of nitrogens with one attached hydrogen (secondary N) is 1. The van der Waals surface area contributed by atoms with E-state index in [1.54, 1.807) is 17.0 Å². The summed E-state index contributed by atoms with van der Waals surface area (Å²) in [7, 11) is -2.19. The van der Waals surface area contributed by atoms with Crippen LogP contribution in [0.1, 0.15) is 34.8 Å². The molecule has 0 aliphatic carbocycles. The van der Waals surface area contributed by atoms with Crippen molar-refractivity contribution < 1.29 is 17.6 Å². The molecule has 1 fully saturated rings. The Balaban J connectivity index is 1.83. The molecule has 1 unspecified atom stereocenters. The third kappa shape index (κ3) is 3.57. The fourth-order valence-corrected chi connectivity index (χ4v) is 3.83. The van der Waals surface area contributed by atoms with Crippen molar-refractivity contribution in [2.45, 2.75) is 23.8 Å². The molecule has 0 spiro atoms. The number of rotatable bonds is 4. The summed E-state index contributed by atoms with van der Waals surface area (Å²) in [4.78, 5) is 14.7. The van der Waals surface area contributed by atoms with E-state index >= 15 is 0 Å². The molecule has 2 aromatic carbocycles. The fraction of sp³-hybridized carbons (Fsp3) is 0.278. The van der Waals surface area contributed by atoms with E-state index in [-0.39, 0.29) is 22.7 Å². The van der Waals surface area contributed by atoms with E-state index in [0.29, 0.717) is 12.1 Å². The normalized spacial score (nSPS) is 17.7. The summed E-state index contributed by atoms with van der Waals surface area (Å²) in [6.07, 6.45) is 1.70. The molecular weight excluding hydrogens is 343 g/mol. The molecule has 1 aliphatic heterocycles. The molecular formula is C18H19FN2O3S. The van der Waals surface area contributed by atoms with Gasteiger partial charge in [-0.3, -0.25) is 4.79 Å². The monoisotopic (exact) mass is 362 g/mol. The van der Waals surface area contributed by atoms with Crippen molar-refractivity contribution in [1.82, 2.24) is 9.62 Å². The van der Waals surface area contributed by atoms with Crippen molar-refractivity contribution in [1.29, 1.82) is 0 Å². The summed E-state index contributed by atoms with van der Waals surface area (Å²) in [6.45, 7) is 0.622. The highest BCUT2D eigenvalue weighted by Gasteiger charge is 2.30. The quantitative estimate of drug-likeness (QED) is 0.909. The Morgan fingerprint density at radius 3 is 2.36 bits per heavy atom. The molecule has 0 saturated carbocycles. The number of carbonyl (C=O) groups is 1. The van der Waals surface area contributed by atoms with Gasteiger partial charge in [0.1, 0.15) is 5.82 Å². The van der Waals surface area contributed by atoms with Gasteiger partial charge in [-0.15, -0.1) is 0 Å². The standard InChI is InChI=1S/C18H19FN2O3S/c1-20-25(23,24)16-10-6-14(7-11-16)18(22)21-12-2-3-17(21)13-4-8-15(19)9-5-13/h4-11,17,20H,2-3,12H2,1H3. The largest absolute Gasteiger partial charge is 0.332 e. The van der Waals surface area contributed by atoms with Crippen LogP contribution in [0.15, 0.2) is 53.4 Å². The number of benzene rings is 2. The number of carbonyl (C=O) groups excluding carboxylic acids is 1. The lowest BCUT2D eigenvalue weighted by Crippen LogP contribution is -2.30. The van der Waals surface area contributed by atoms with Crippen LogP contribution in [0.25, 0.3) is 0 Å². The number of likely N-dealkylation sites (tertiary alicyclic amines) is 1. The lowest BCUT2D eigenvalue weighted by atomic mass is 10.0. The van der Waals surface area contributed by atoms with Gasteiger partial charge in [0.05, 0.1) is 10.9 Å². The van der Waals surface area contributed by atoms with Gasteiger partial charge in [-0.05, 0) is 61.9 Å². The number of halogens is 1. The van der Waals surface area contributed by atoms with Gasteiger partial charge in [-0.25, -0.2) is 17.5 Å². The predicted octanol–water partition coefficient (Wildman–Crippen LogP) is 2.71. The van der Waals surface area contributed by atoms with E-state index < -0.39 is 10.0 Å². The van der Waals surface area contributed by atoms with E-state index in [1.165, 1.54) is 43.4 Å². The first-order valence-electron chi connectivity index (χ1n) is 8.02. The molecule has 3 rings (SSSR count). The van der Waals surface area contributed by atoms with Gasteiger partial charge in [0.25, 0.3) is 5.91 Å². The summed E-state index contributed by atoms with van der Waals surface area (Å²) in [6, 6.07) is 12.0. The third-order valence-corrected chi connectivity index (χ3v) is 5.88. The molecule has 1 heterocycles. The SMILES string of the molecule is CNS(=O)(=O)c1ccc(C(=O)N2CCCC2c2ccc(F)cc2)cc1. The van der Waals surface area contributed by atoms with Gasteiger partial charge in [-0.2, -0.15) is 0 Å². The number of hydrogen-bond donors (Lipinski definition) is 1. The molecule has 1 aliphatic rings. The van der Waals surface area contributed by atoms with Gasteiger partial charge < -0.3 is 4.90 Å². The maximum Gasteiger partial charge on any atom is 0.254 e. The molecule has 132 valence electrons. The highest BCUT2D eigenvalue weighted by molar-refractivity contribution is 7.89. The van der Waals surface area contributed by atoms with Crippen LogP contribution in [-0.4, -0.2) is 32.8 Å². The van der Waals surface area contributed by atoms with Crippen molar-refractivity contribution >= 4 is 15.9 Å². The maximum absolute atomic E-state index is 13.1. The van der Waals surface area contributed by atoms with E-state index in [4.69, 9.17) is 0 Å². The maximum atomic E-state index is 13.1. The summed E-state index contributed by atoms with van der Waals surface area (Å²) < 4.78 is 38.9. The number of sulfonamides is 1. The zero-order chi connectivity index (χ0) is 18.0. The Labute approximate surface area is 146 Å². The summed E-state index contributed by atoms with van der Waals surface area (Å²) in [5.41, 5.74) is 1.34. The average Bonchev–Trinajstić information content (AvgIpc) is 3.11. The molecule has 1 saturated heterocycles. The minimum Gasteiger partial charge on any atom is -0.332 e. The van der Waals surface area contributed by atoms with Crippen molar-refractivity contribution in [3.8, 4) is 0 Å². The van der Waals surface area contributed by atoms with Crippen LogP contribution in [-0.2, 0) is 10.0 Å². The Hall–Kier alpha value is -2.25. The van der Waals surface area contributed by atoms with Crippen molar-refractivity contribution in [3.63, 3.8) is 0 Å². The molecule has 0 bridgehead atoms. The van der Waals surface area contributed by atoms with Crippen LogP contribution in [0.2, 0.25) is 0 Å². The van der Waals surface area contributed by atoms with Crippen molar-refractivity contribution in [2.24, 2.45) is 0 Å². The van der Waals surface area contributed by atoms with E-state index in [2.05, 4.69) is 4.72 Å². The van der Waals surface area contributed by atoms with E-state index in [0.717, 1.165) is 18.4 Å². The van der Waals surface area contributed by atoms with Crippen LogP contribution in [0.4, 0.5) is 4.39 Å². The summed E-state index contributed by atoms with van der Waals surface area (Å²) in [5.74, 6) is -0.457. The minimum atomic E-state index is -3.53. The summed E-state index contributed by atoms with van der Waals surface area (Å²) in [5, 5.41) is 0. The van der Waals surface area contributed by atoms with Crippen molar-refractivity contribution in [2.75, 3.05) is 13.6 Å². The highest BCUT2D eigenvalue weighted by atomic mass is 32.2. The van der Waals surface area contributed by atoms with E-state index in [1.807, 2.05) is 0 Å². The Kier molecular flexibility index (Phi) is 4.87.